The van der Waals surface area contributed by atoms with Crippen molar-refractivity contribution in [1.82, 2.24) is 0 Å². The summed E-state index contributed by atoms with van der Waals surface area (Å²) < 4.78 is 5.52. The van der Waals surface area contributed by atoms with E-state index in [1.165, 1.54) is 29.5 Å². The van der Waals surface area contributed by atoms with Crippen LogP contribution in [-0.2, 0) is 11.8 Å². The third-order valence-corrected chi connectivity index (χ3v) is 3.81. The van der Waals surface area contributed by atoms with Gasteiger partial charge in [0.25, 0.3) is 0 Å². The molecular formula is C14H16O. The van der Waals surface area contributed by atoms with Crippen molar-refractivity contribution in [3.05, 3.63) is 41.5 Å². The molecule has 0 bridgehead atoms. The van der Waals surface area contributed by atoms with E-state index in [0.29, 0.717) is 5.41 Å². The van der Waals surface area contributed by atoms with E-state index < -0.39 is 0 Å². The predicted octanol–water partition coefficient (Wildman–Crippen LogP) is 3.23. The molecular weight excluding hydrogens is 184 g/mol. The standard InChI is InChI=1S/C14H16O/c1-10(2)14(6-7-14)12-3-4-13-11(9-12)5-8-15-13/h3-4,9H,1,5-8H2,2H3. The molecule has 0 saturated heterocycles. The summed E-state index contributed by atoms with van der Waals surface area (Å²) in [5.41, 5.74) is 4.43. The van der Waals surface area contributed by atoms with Crippen LogP contribution in [0.3, 0.4) is 0 Å². The minimum absolute atomic E-state index is 0.303. The zero-order valence-corrected chi connectivity index (χ0v) is 9.18. The highest BCUT2D eigenvalue weighted by molar-refractivity contribution is 5.48. The molecule has 1 heterocycles. The highest BCUT2D eigenvalue weighted by atomic mass is 16.5. The number of rotatable bonds is 2. The molecule has 0 N–H and O–H groups in total. The van der Waals surface area contributed by atoms with Gasteiger partial charge in [0.15, 0.2) is 0 Å². The zero-order valence-electron chi connectivity index (χ0n) is 9.18. The first-order chi connectivity index (χ1) is 7.22. The quantitative estimate of drug-likeness (QED) is 0.666. The smallest absolute Gasteiger partial charge is 0.122 e. The van der Waals surface area contributed by atoms with Crippen molar-refractivity contribution in [3.63, 3.8) is 0 Å². The van der Waals surface area contributed by atoms with E-state index in [1.807, 2.05) is 0 Å². The van der Waals surface area contributed by atoms with Crippen molar-refractivity contribution in [2.24, 2.45) is 0 Å². The maximum absolute atomic E-state index is 5.52. The lowest BCUT2D eigenvalue weighted by molar-refractivity contribution is 0.357. The molecule has 3 rings (SSSR count). The van der Waals surface area contributed by atoms with E-state index in [0.717, 1.165) is 18.8 Å². The van der Waals surface area contributed by atoms with Gasteiger partial charge in [-0.2, -0.15) is 0 Å². The van der Waals surface area contributed by atoms with Crippen LogP contribution >= 0.6 is 0 Å². The molecule has 1 aromatic carbocycles. The van der Waals surface area contributed by atoms with Gasteiger partial charge in [-0.15, -0.1) is 0 Å². The first kappa shape index (κ1) is 9.02. The number of benzene rings is 1. The van der Waals surface area contributed by atoms with Gasteiger partial charge in [-0.1, -0.05) is 24.3 Å². The molecule has 0 unspecified atom stereocenters. The van der Waals surface area contributed by atoms with Crippen LogP contribution in [-0.4, -0.2) is 6.61 Å². The van der Waals surface area contributed by atoms with Gasteiger partial charge in [-0.3, -0.25) is 0 Å². The highest BCUT2D eigenvalue weighted by Gasteiger charge is 2.45. The molecule has 1 saturated carbocycles. The molecule has 15 heavy (non-hydrogen) atoms. The normalized spacial score (nSPS) is 20.6. The first-order valence-corrected chi connectivity index (χ1v) is 5.65. The molecule has 1 aliphatic carbocycles. The Kier molecular flexibility index (Phi) is 1.73. The van der Waals surface area contributed by atoms with Crippen LogP contribution in [0.4, 0.5) is 0 Å². The zero-order chi connectivity index (χ0) is 10.5. The molecule has 0 atom stereocenters. The van der Waals surface area contributed by atoms with Gasteiger partial charge in [0.2, 0.25) is 0 Å². The second-order valence-electron chi connectivity index (χ2n) is 4.78. The minimum atomic E-state index is 0.303. The second kappa shape index (κ2) is 2.88. The van der Waals surface area contributed by atoms with E-state index in [4.69, 9.17) is 4.74 Å². The molecule has 1 aromatic rings. The van der Waals surface area contributed by atoms with Gasteiger partial charge in [0, 0.05) is 11.8 Å². The number of hydrogen-bond acceptors (Lipinski definition) is 1. The summed E-state index contributed by atoms with van der Waals surface area (Å²) in [6.45, 7) is 7.12. The molecule has 1 aliphatic heterocycles. The fraction of sp³-hybridized carbons (Fsp3) is 0.429. The molecule has 2 aliphatic rings. The minimum Gasteiger partial charge on any atom is -0.493 e. The Hall–Kier alpha value is -1.24. The molecule has 78 valence electrons. The van der Waals surface area contributed by atoms with Crippen LogP contribution < -0.4 is 4.74 Å². The second-order valence-corrected chi connectivity index (χ2v) is 4.78. The highest BCUT2D eigenvalue weighted by Crippen LogP contribution is 2.53. The Morgan fingerprint density at radius 2 is 2.20 bits per heavy atom. The van der Waals surface area contributed by atoms with Crippen LogP contribution in [0.25, 0.3) is 0 Å². The van der Waals surface area contributed by atoms with Crippen molar-refractivity contribution < 1.29 is 4.74 Å². The number of allylic oxidation sites excluding steroid dienone is 1. The molecule has 1 heteroatoms. The fourth-order valence-corrected chi connectivity index (χ4v) is 2.57. The van der Waals surface area contributed by atoms with E-state index in [1.54, 1.807) is 0 Å². The summed E-state index contributed by atoms with van der Waals surface area (Å²) in [6, 6.07) is 6.66. The summed E-state index contributed by atoms with van der Waals surface area (Å²) in [4.78, 5) is 0. The Bertz CT molecular complexity index is 427. The molecule has 0 radical (unpaired) electrons. The largest absolute Gasteiger partial charge is 0.493 e. The third-order valence-electron chi connectivity index (χ3n) is 3.81. The number of hydrogen-bond donors (Lipinski definition) is 0. The molecule has 1 fully saturated rings. The van der Waals surface area contributed by atoms with E-state index in [2.05, 4.69) is 31.7 Å². The Labute approximate surface area is 90.8 Å². The van der Waals surface area contributed by atoms with E-state index >= 15 is 0 Å². The topological polar surface area (TPSA) is 9.23 Å². The monoisotopic (exact) mass is 200 g/mol. The van der Waals surface area contributed by atoms with Gasteiger partial charge in [-0.05, 0) is 37.0 Å². The van der Waals surface area contributed by atoms with Crippen molar-refractivity contribution in [2.45, 2.75) is 31.6 Å². The predicted molar refractivity (Wildman–Crippen MR) is 61.4 cm³/mol. The number of fused-ring (bicyclic) bond motifs is 1. The van der Waals surface area contributed by atoms with E-state index in [-0.39, 0.29) is 0 Å². The van der Waals surface area contributed by atoms with Crippen molar-refractivity contribution in [3.8, 4) is 5.75 Å². The summed E-state index contributed by atoms with van der Waals surface area (Å²) in [7, 11) is 0. The van der Waals surface area contributed by atoms with Crippen LogP contribution in [0.2, 0.25) is 0 Å². The summed E-state index contributed by atoms with van der Waals surface area (Å²) in [5.74, 6) is 1.08. The lowest BCUT2D eigenvalue weighted by Gasteiger charge is -2.16. The van der Waals surface area contributed by atoms with Crippen LogP contribution in [0.15, 0.2) is 30.4 Å². The van der Waals surface area contributed by atoms with Gasteiger partial charge in [-0.25, -0.2) is 0 Å². The average Bonchev–Trinajstić information content (AvgIpc) is 2.91. The van der Waals surface area contributed by atoms with Gasteiger partial charge >= 0.3 is 0 Å². The summed E-state index contributed by atoms with van der Waals surface area (Å²) in [6.07, 6.45) is 3.60. The van der Waals surface area contributed by atoms with Gasteiger partial charge < -0.3 is 4.74 Å². The van der Waals surface area contributed by atoms with Crippen LogP contribution in [0.5, 0.6) is 5.75 Å². The van der Waals surface area contributed by atoms with Gasteiger partial charge in [0.1, 0.15) is 5.75 Å². The van der Waals surface area contributed by atoms with E-state index in [9.17, 15) is 0 Å². The lowest BCUT2D eigenvalue weighted by atomic mass is 9.88. The first-order valence-electron chi connectivity index (χ1n) is 5.65. The molecule has 1 nitrogen and oxygen atoms in total. The Morgan fingerprint density at radius 1 is 1.40 bits per heavy atom. The average molecular weight is 200 g/mol. The summed E-state index contributed by atoms with van der Waals surface area (Å²) >= 11 is 0. The lowest BCUT2D eigenvalue weighted by Crippen LogP contribution is -2.07. The van der Waals surface area contributed by atoms with Crippen LogP contribution in [0.1, 0.15) is 30.9 Å². The van der Waals surface area contributed by atoms with Crippen molar-refractivity contribution in [2.75, 3.05) is 6.61 Å². The fourth-order valence-electron chi connectivity index (χ4n) is 2.57. The summed E-state index contributed by atoms with van der Waals surface area (Å²) in [5, 5.41) is 0. The molecule has 0 amide bonds. The molecule has 0 spiro atoms. The Morgan fingerprint density at radius 3 is 2.87 bits per heavy atom. The van der Waals surface area contributed by atoms with Gasteiger partial charge in [0.05, 0.1) is 6.61 Å². The Balaban J connectivity index is 2.03. The molecule has 0 aromatic heterocycles. The third kappa shape index (κ3) is 1.22. The van der Waals surface area contributed by atoms with Crippen molar-refractivity contribution in [1.29, 1.82) is 0 Å². The number of ether oxygens (including phenoxy) is 1. The SMILES string of the molecule is C=C(C)C1(c2ccc3c(c2)CCO3)CC1. The van der Waals surface area contributed by atoms with Crippen molar-refractivity contribution >= 4 is 0 Å². The van der Waals surface area contributed by atoms with Crippen LogP contribution in [0, 0.1) is 0 Å². The maximum atomic E-state index is 5.52. The maximum Gasteiger partial charge on any atom is 0.122 e.